The second-order valence-corrected chi connectivity index (χ2v) is 9.55. The molecule has 0 heterocycles. The van der Waals surface area contributed by atoms with Crippen molar-refractivity contribution in [2.45, 2.75) is 84.8 Å². The van der Waals surface area contributed by atoms with Crippen LogP contribution in [-0.2, 0) is 11.3 Å². The molecule has 0 spiro atoms. The molecule has 3 aliphatic rings. The van der Waals surface area contributed by atoms with Gasteiger partial charge in [0.15, 0.2) is 0 Å². The molecule has 1 fully saturated rings. The molecule has 4 rings (SSSR count). The van der Waals surface area contributed by atoms with E-state index in [-0.39, 0.29) is 0 Å². The Morgan fingerprint density at radius 2 is 1.81 bits per heavy atom. The molecule has 146 valence electrons. The van der Waals surface area contributed by atoms with Crippen LogP contribution in [0, 0.1) is 17.3 Å². The second-order valence-electron chi connectivity index (χ2n) is 9.55. The first-order valence-corrected chi connectivity index (χ1v) is 11.1. The summed E-state index contributed by atoms with van der Waals surface area (Å²) in [5, 5.41) is 0. The number of rotatable bonds is 3. The van der Waals surface area contributed by atoms with Gasteiger partial charge in [-0.05, 0) is 88.0 Å². The first-order valence-electron chi connectivity index (χ1n) is 11.1. The minimum atomic E-state index is 0.376. The third kappa shape index (κ3) is 3.94. The Balaban J connectivity index is 1.52. The van der Waals surface area contributed by atoms with Crippen LogP contribution in [0.5, 0.6) is 0 Å². The molecule has 1 nitrogen and oxygen atoms in total. The van der Waals surface area contributed by atoms with Crippen LogP contribution in [0.15, 0.2) is 53.1 Å². The molecule has 1 heteroatoms. The van der Waals surface area contributed by atoms with Crippen molar-refractivity contribution >= 4 is 0 Å². The molecule has 27 heavy (non-hydrogen) atoms. The molecule has 0 N–H and O–H groups in total. The van der Waals surface area contributed by atoms with Gasteiger partial charge in [0, 0.05) is 0 Å². The Hall–Kier alpha value is -1.34. The van der Waals surface area contributed by atoms with Gasteiger partial charge < -0.3 is 4.74 Å². The van der Waals surface area contributed by atoms with Crippen molar-refractivity contribution in [3.63, 3.8) is 0 Å². The van der Waals surface area contributed by atoms with Crippen LogP contribution in [0.4, 0.5) is 0 Å². The standard InChI is InChI=1S/C26H36O/c1-19-8-7-11-23(27-18-21-9-5-4-6-10-21)13-12-22-14-16-26(3)17-15-24(19)25(26)20(22)2/h4-6,8-10,23-25H,7,11-18H2,1-3H3/b19-8-/t23?,24-,25+,26-/m0/s1. The highest BCUT2D eigenvalue weighted by atomic mass is 16.5. The summed E-state index contributed by atoms with van der Waals surface area (Å²) in [5.74, 6) is 1.58. The molecule has 3 aliphatic carbocycles. The lowest BCUT2D eigenvalue weighted by molar-refractivity contribution is 0.0299. The highest BCUT2D eigenvalue weighted by Crippen LogP contribution is 2.58. The summed E-state index contributed by atoms with van der Waals surface area (Å²) in [5.41, 5.74) is 6.98. The average molecular weight is 365 g/mol. The Labute approximate surface area is 165 Å². The summed E-state index contributed by atoms with van der Waals surface area (Å²) in [6.45, 7) is 8.17. The molecule has 0 amide bonds. The lowest BCUT2D eigenvalue weighted by Crippen LogP contribution is -2.31. The quantitative estimate of drug-likeness (QED) is 0.514. The van der Waals surface area contributed by atoms with Crippen LogP contribution < -0.4 is 0 Å². The van der Waals surface area contributed by atoms with Crippen molar-refractivity contribution in [1.82, 2.24) is 0 Å². The van der Waals surface area contributed by atoms with Gasteiger partial charge in [-0.3, -0.25) is 0 Å². The van der Waals surface area contributed by atoms with Crippen LogP contribution in [0.1, 0.15) is 77.7 Å². The molecular formula is C26H36O. The fourth-order valence-corrected chi connectivity index (χ4v) is 6.15. The molecular weight excluding hydrogens is 328 g/mol. The molecule has 0 aliphatic heterocycles. The van der Waals surface area contributed by atoms with E-state index in [9.17, 15) is 0 Å². The molecule has 1 aromatic carbocycles. The lowest BCUT2D eigenvalue weighted by Gasteiger charge is -2.41. The summed E-state index contributed by atoms with van der Waals surface area (Å²) in [6.07, 6.45) is 13.2. The fraction of sp³-hybridized carbons (Fsp3) is 0.615. The Morgan fingerprint density at radius 3 is 2.63 bits per heavy atom. The highest BCUT2D eigenvalue weighted by molar-refractivity contribution is 5.29. The molecule has 2 bridgehead atoms. The van der Waals surface area contributed by atoms with Crippen LogP contribution in [0.25, 0.3) is 0 Å². The smallest absolute Gasteiger partial charge is 0.0720 e. The molecule has 0 radical (unpaired) electrons. The SMILES string of the molecule is CC1=C2CCC(OCc3ccccc3)CC/C=C(/C)[C@@H]3CC[C@](C)(CC2)[C@H]13. The predicted molar refractivity (Wildman–Crippen MR) is 113 cm³/mol. The van der Waals surface area contributed by atoms with Crippen molar-refractivity contribution in [2.75, 3.05) is 0 Å². The Kier molecular flexibility index (Phi) is 5.60. The minimum absolute atomic E-state index is 0.376. The molecule has 1 unspecified atom stereocenters. The largest absolute Gasteiger partial charge is 0.374 e. The Morgan fingerprint density at radius 1 is 1.00 bits per heavy atom. The van der Waals surface area contributed by atoms with Crippen molar-refractivity contribution in [3.05, 3.63) is 58.7 Å². The monoisotopic (exact) mass is 364 g/mol. The second kappa shape index (κ2) is 7.95. The van der Waals surface area contributed by atoms with E-state index < -0.39 is 0 Å². The van der Waals surface area contributed by atoms with E-state index in [2.05, 4.69) is 57.2 Å². The van der Waals surface area contributed by atoms with E-state index in [0.29, 0.717) is 11.5 Å². The average Bonchev–Trinajstić information content (AvgIpc) is 3.03. The summed E-state index contributed by atoms with van der Waals surface area (Å²) >= 11 is 0. The number of ether oxygens (including phenoxy) is 1. The number of benzene rings is 1. The van der Waals surface area contributed by atoms with E-state index in [0.717, 1.165) is 24.9 Å². The van der Waals surface area contributed by atoms with E-state index in [1.807, 2.05) is 0 Å². The van der Waals surface area contributed by atoms with Gasteiger partial charge in [0.25, 0.3) is 0 Å². The zero-order valence-corrected chi connectivity index (χ0v) is 17.5. The lowest BCUT2D eigenvalue weighted by atomic mass is 9.64. The number of hydrogen-bond donors (Lipinski definition) is 0. The van der Waals surface area contributed by atoms with Crippen molar-refractivity contribution in [1.29, 1.82) is 0 Å². The molecule has 1 aromatic rings. The van der Waals surface area contributed by atoms with Gasteiger partial charge in [-0.1, -0.05) is 60.1 Å². The maximum atomic E-state index is 6.38. The zero-order valence-electron chi connectivity index (χ0n) is 17.5. The van der Waals surface area contributed by atoms with Gasteiger partial charge in [0.2, 0.25) is 0 Å². The van der Waals surface area contributed by atoms with E-state index in [1.165, 1.54) is 50.5 Å². The first kappa shape index (κ1) is 19.0. The van der Waals surface area contributed by atoms with Crippen molar-refractivity contribution in [3.8, 4) is 0 Å². The molecule has 1 saturated carbocycles. The number of hydrogen-bond acceptors (Lipinski definition) is 1. The van der Waals surface area contributed by atoms with Gasteiger partial charge in [-0.2, -0.15) is 0 Å². The maximum Gasteiger partial charge on any atom is 0.0720 e. The van der Waals surface area contributed by atoms with Crippen LogP contribution in [0.3, 0.4) is 0 Å². The van der Waals surface area contributed by atoms with E-state index in [4.69, 9.17) is 4.74 Å². The molecule has 4 atom stereocenters. The normalized spacial score (nSPS) is 36.1. The predicted octanol–water partition coefficient (Wildman–Crippen LogP) is 7.23. The minimum Gasteiger partial charge on any atom is -0.374 e. The molecule has 0 aromatic heterocycles. The Bertz CT molecular complexity index is 713. The van der Waals surface area contributed by atoms with Crippen molar-refractivity contribution < 1.29 is 4.74 Å². The summed E-state index contributed by atoms with van der Waals surface area (Å²) in [6, 6.07) is 10.6. The van der Waals surface area contributed by atoms with Gasteiger partial charge >= 0.3 is 0 Å². The first-order chi connectivity index (χ1) is 13.1. The third-order valence-electron chi connectivity index (χ3n) is 7.84. The van der Waals surface area contributed by atoms with Gasteiger partial charge in [-0.15, -0.1) is 0 Å². The van der Waals surface area contributed by atoms with Crippen LogP contribution in [-0.4, -0.2) is 6.10 Å². The van der Waals surface area contributed by atoms with E-state index in [1.54, 1.807) is 16.7 Å². The highest BCUT2D eigenvalue weighted by Gasteiger charge is 2.48. The van der Waals surface area contributed by atoms with E-state index >= 15 is 0 Å². The third-order valence-corrected chi connectivity index (χ3v) is 7.84. The van der Waals surface area contributed by atoms with Crippen LogP contribution in [0.2, 0.25) is 0 Å². The van der Waals surface area contributed by atoms with Gasteiger partial charge in [0.1, 0.15) is 0 Å². The van der Waals surface area contributed by atoms with Crippen molar-refractivity contribution in [2.24, 2.45) is 17.3 Å². The van der Waals surface area contributed by atoms with Gasteiger partial charge in [0.05, 0.1) is 12.7 Å². The van der Waals surface area contributed by atoms with Gasteiger partial charge in [-0.25, -0.2) is 0 Å². The zero-order chi connectivity index (χ0) is 18.9. The number of allylic oxidation sites excluding steroid dienone is 4. The summed E-state index contributed by atoms with van der Waals surface area (Å²) < 4.78 is 6.38. The molecule has 0 saturated heterocycles. The van der Waals surface area contributed by atoms with Crippen LogP contribution >= 0.6 is 0 Å². The maximum absolute atomic E-state index is 6.38. The topological polar surface area (TPSA) is 9.23 Å². The fourth-order valence-electron chi connectivity index (χ4n) is 6.15. The summed E-state index contributed by atoms with van der Waals surface area (Å²) in [4.78, 5) is 0. The summed E-state index contributed by atoms with van der Waals surface area (Å²) in [7, 11) is 0.